The number of methoxy groups -OCH3 is 1. The third kappa shape index (κ3) is 2.93. The Balaban J connectivity index is 2.25. The van der Waals surface area contributed by atoms with E-state index in [-0.39, 0.29) is 0 Å². The Morgan fingerprint density at radius 3 is 3.08 bits per heavy atom. The highest BCUT2D eigenvalue weighted by molar-refractivity contribution is 7.10. The van der Waals surface area contributed by atoms with Crippen molar-refractivity contribution in [3.05, 3.63) is 22.4 Å². The maximum Gasteiger partial charge on any atom is 0.0587 e. The Kier molecular flexibility index (Phi) is 4.29. The molecule has 1 rings (SSSR count). The van der Waals surface area contributed by atoms with Crippen LogP contribution in [0.1, 0.15) is 17.8 Å². The summed E-state index contributed by atoms with van der Waals surface area (Å²) < 4.78 is 4.95. The molecule has 0 bridgehead atoms. The van der Waals surface area contributed by atoms with Crippen LogP contribution in [0, 0.1) is 0 Å². The molecule has 0 saturated carbocycles. The molecule has 0 amide bonds. The van der Waals surface area contributed by atoms with Crippen LogP contribution >= 0.6 is 11.3 Å². The summed E-state index contributed by atoms with van der Waals surface area (Å²) in [5.41, 5.74) is 0. The SMILES string of the molecule is COCCN[C@H](C)c1cccs1. The van der Waals surface area contributed by atoms with Gasteiger partial charge in [0.15, 0.2) is 0 Å². The maximum atomic E-state index is 4.95. The van der Waals surface area contributed by atoms with E-state index in [2.05, 4.69) is 29.8 Å². The minimum atomic E-state index is 0.445. The first kappa shape index (κ1) is 9.71. The van der Waals surface area contributed by atoms with Gasteiger partial charge in [-0.05, 0) is 18.4 Å². The highest BCUT2D eigenvalue weighted by Gasteiger charge is 2.03. The molecule has 0 saturated heterocycles. The number of thiophene rings is 1. The Morgan fingerprint density at radius 2 is 2.50 bits per heavy atom. The van der Waals surface area contributed by atoms with Crippen LogP contribution in [0.4, 0.5) is 0 Å². The normalized spacial score (nSPS) is 13.2. The molecule has 0 aliphatic carbocycles. The first-order chi connectivity index (χ1) is 5.84. The fourth-order valence-corrected chi connectivity index (χ4v) is 1.77. The molecule has 1 aromatic heterocycles. The van der Waals surface area contributed by atoms with Gasteiger partial charge in [0.25, 0.3) is 0 Å². The lowest BCUT2D eigenvalue weighted by Gasteiger charge is -2.10. The zero-order valence-corrected chi connectivity index (χ0v) is 8.36. The average Bonchev–Trinajstić information content (AvgIpc) is 2.56. The molecule has 0 aromatic carbocycles. The van der Waals surface area contributed by atoms with E-state index in [0.29, 0.717) is 6.04 Å². The van der Waals surface area contributed by atoms with Gasteiger partial charge >= 0.3 is 0 Å². The van der Waals surface area contributed by atoms with Crippen LogP contribution in [0.2, 0.25) is 0 Å². The highest BCUT2D eigenvalue weighted by atomic mass is 32.1. The summed E-state index contributed by atoms with van der Waals surface area (Å²) in [6, 6.07) is 4.67. The summed E-state index contributed by atoms with van der Waals surface area (Å²) in [6.07, 6.45) is 0. The van der Waals surface area contributed by atoms with E-state index in [1.165, 1.54) is 4.88 Å². The molecule has 1 atom stereocenters. The van der Waals surface area contributed by atoms with Gasteiger partial charge in [-0.15, -0.1) is 11.3 Å². The number of hydrogen-bond donors (Lipinski definition) is 1. The molecular formula is C9H15NOS. The molecule has 3 heteroatoms. The summed E-state index contributed by atoms with van der Waals surface area (Å²) >= 11 is 1.79. The molecule has 0 unspecified atom stereocenters. The monoisotopic (exact) mass is 185 g/mol. The molecule has 0 radical (unpaired) electrons. The minimum Gasteiger partial charge on any atom is -0.383 e. The summed E-state index contributed by atoms with van der Waals surface area (Å²) in [5, 5.41) is 5.47. The maximum absolute atomic E-state index is 4.95. The summed E-state index contributed by atoms with van der Waals surface area (Å²) in [4.78, 5) is 1.38. The van der Waals surface area contributed by atoms with Crippen LogP contribution in [0.5, 0.6) is 0 Å². The predicted octanol–water partition coefficient (Wildman–Crippen LogP) is 2.05. The number of hydrogen-bond acceptors (Lipinski definition) is 3. The van der Waals surface area contributed by atoms with Crippen molar-refractivity contribution in [3.8, 4) is 0 Å². The van der Waals surface area contributed by atoms with Crippen molar-refractivity contribution in [2.75, 3.05) is 20.3 Å². The van der Waals surface area contributed by atoms with Gasteiger partial charge in [-0.25, -0.2) is 0 Å². The first-order valence-corrected chi connectivity index (χ1v) is 4.98. The van der Waals surface area contributed by atoms with Crippen LogP contribution < -0.4 is 5.32 Å². The van der Waals surface area contributed by atoms with Crippen molar-refractivity contribution in [2.24, 2.45) is 0 Å². The van der Waals surface area contributed by atoms with Crippen molar-refractivity contribution in [2.45, 2.75) is 13.0 Å². The Labute approximate surface area is 77.6 Å². The number of rotatable bonds is 5. The van der Waals surface area contributed by atoms with Gasteiger partial charge in [0, 0.05) is 24.6 Å². The second-order valence-corrected chi connectivity index (χ2v) is 3.66. The van der Waals surface area contributed by atoms with Gasteiger partial charge in [0.2, 0.25) is 0 Å². The molecule has 1 heterocycles. The third-order valence-electron chi connectivity index (χ3n) is 1.73. The Bertz CT molecular complexity index is 198. The van der Waals surface area contributed by atoms with E-state index in [4.69, 9.17) is 4.74 Å². The lowest BCUT2D eigenvalue weighted by Crippen LogP contribution is -2.22. The van der Waals surface area contributed by atoms with E-state index in [1.807, 2.05) is 0 Å². The smallest absolute Gasteiger partial charge is 0.0587 e. The van der Waals surface area contributed by atoms with Crippen LogP contribution in [-0.4, -0.2) is 20.3 Å². The Morgan fingerprint density at radius 1 is 1.67 bits per heavy atom. The van der Waals surface area contributed by atoms with Crippen molar-refractivity contribution in [1.82, 2.24) is 5.32 Å². The van der Waals surface area contributed by atoms with E-state index in [9.17, 15) is 0 Å². The molecule has 0 aliphatic rings. The predicted molar refractivity (Wildman–Crippen MR) is 52.6 cm³/mol. The van der Waals surface area contributed by atoms with Crippen LogP contribution in [0.15, 0.2) is 17.5 Å². The van der Waals surface area contributed by atoms with Gasteiger partial charge < -0.3 is 10.1 Å². The zero-order chi connectivity index (χ0) is 8.81. The third-order valence-corrected chi connectivity index (χ3v) is 2.78. The molecule has 0 aliphatic heterocycles. The summed E-state index contributed by atoms with van der Waals surface area (Å²) in [7, 11) is 1.72. The molecule has 68 valence electrons. The quantitative estimate of drug-likeness (QED) is 0.709. The molecule has 1 aromatic rings. The molecule has 2 nitrogen and oxygen atoms in total. The van der Waals surface area contributed by atoms with Gasteiger partial charge in [0.05, 0.1) is 6.61 Å². The number of ether oxygens (including phenoxy) is 1. The van der Waals surface area contributed by atoms with E-state index >= 15 is 0 Å². The highest BCUT2D eigenvalue weighted by Crippen LogP contribution is 2.17. The van der Waals surface area contributed by atoms with E-state index < -0.39 is 0 Å². The van der Waals surface area contributed by atoms with Gasteiger partial charge in [-0.2, -0.15) is 0 Å². The Hall–Kier alpha value is -0.380. The molecule has 0 spiro atoms. The van der Waals surface area contributed by atoms with Crippen LogP contribution in [-0.2, 0) is 4.74 Å². The van der Waals surface area contributed by atoms with Gasteiger partial charge in [0.1, 0.15) is 0 Å². The van der Waals surface area contributed by atoms with Crippen LogP contribution in [0.25, 0.3) is 0 Å². The first-order valence-electron chi connectivity index (χ1n) is 4.10. The minimum absolute atomic E-state index is 0.445. The lowest BCUT2D eigenvalue weighted by atomic mass is 10.3. The second-order valence-electron chi connectivity index (χ2n) is 2.68. The van der Waals surface area contributed by atoms with E-state index in [1.54, 1.807) is 18.4 Å². The van der Waals surface area contributed by atoms with Gasteiger partial charge in [-0.1, -0.05) is 6.07 Å². The van der Waals surface area contributed by atoms with E-state index in [0.717, 1.165) is 13.2 Å². The standard InChI is InChI=1S/C9H15NOS/c1-8(10-5-6-11-2)9-4-3-7-12-9/h3-4,7-8,10H,5-6H2,1-2H3/t8-/m1/s1. The fraction of sp³-hybridized carbons (Fsp3) is 0.556. The van der Waals surface area contributed by atoms with Crippen molar-refractivity contribution < 1.29 is 4.74 Å². The van der Waals surface area contributed by atoms with Crippen molar-refractivity contribution in [3.63, 3.8) is 0 Å². The zero-order valence-electron chi connectivity index (χ0n) is 7.54. The second kappa shape index (κ2) is 5.30. The van der Waals surface area contributed by atoms with Gasteiger partial charge in [-0.3, -0.25) is 0 Å². The van der Waals surface area contributed by atoms with Crippen molar-refractivity contribution >= 4 is 11.3 Å². The summed E-state index contributed by atoms with van der Waals surface area (Å²) in [5.74, 6) is 0. The largest absolute Gasteiger partial charge is 0.383 e. The molecule has 1 N–H and O–H groups in total. The summed E-state index contributed by atoms with van der Waals surface area (Å²) in [6.45, 7) is 3.85. The fourth-order valence-electron chi connectivity index (χ4n) is 1.02. The van der Waals surface area contributed by atoms with Crippen LogP contribution in [0.3, 0.4) is 0 Å². The number of nitrogens with one attached hydrogen (secondary N) is 1. The molecule has 0 fully saturated rings. The topological polar surface area (TPSA) is 21.3 Å². The molecular weight excluding hydrogens is 170 g/mol. The average molecular weight is 185 g/mol. The molecule has 12 heavy (non-hydrogen) atoms. The van der Waals surface area contributed by atoms with Crippen molar-refractivity contribution in [1.29, 1.82) is 0 Å². The lowest BCUT2D eigenvalue weighted by molar-refractivity contribution is 0.196.